The molecule has 19 heavy (non-hydrogen) atoms. The summed E-state index contributed by atoms with van der Waals surface area (Å²) >= 11 is 0. The van der Waals surface area contributed by atoms with Crippen LogP contribution in [-0.4, -0.2) is 16.1 Å². The number of pyridine rings is 1. The molecule has 0 saturated heterocycles. The Hall–Kier alpha value is -2.87. The number of nitrogens with one attached hydrogen (secondary N) is 1. The first-order valence-electron chi connectivity index (χ1n) is 5.59. The van der Waals surface area contributed by atoms with E-state index < -0.39 is 5.97 Å². The van der Waals surface area contributed by atoms with Crippen LogP contribution < -0.4 is 5.32 Å². The van der Waals surface area contributed by atoms with Crippen LogP contribution in [0.3, 0.4) is 0 Å². The summed E-state index contributed by atoms with van der Waals surface area (Å²) in [5, 5.41) is 20.9. The second-order valence-corrected chi connectivity index (χ2v) is 3.92. The van der Waals surface area contributed by atoms with Crippen LogP contribution in [0.5, 0.6) is 0 Å². The van der Waals surface area contributed by atoms with Crippen LogP contribution in [-0.2, 0) is 0 Å². The maximum Gasteiger partial charge on any atom is 0.337 e. The van der Waals surface area contributed by atoms with E-state index in [1.165, 1.54) is 6.07 Å². The molecular formula is C14H11N3O2. The summed E-state index contributed by atoms with van der Waals surface area (Å²) in [5.74, 6) is -0.501. The zero-order chi connectivity index (χ0) is 13.8. The Bertz CT molecular complexity index is 675. The van der Waals surface area contributed by atoms with Crippen LogP contribution in [0, 0.1) is 18.3 Å². The van der Waals surface area contributed by atoms with Crippen LogP contribution in [0.25, 0.3) is 0 Å². The number of anilines is 2. The standard InChI is InChI=1S/C14H11N3O2/c1-9-11(14(18)19)6-7-13(16-9)17-12-5-3-2-4-10(12)8-15/h2-7H,1H3,(H,16,17)(H,18,19). The van der Waals surface area contributed by atoms with Crippen molar-refractivity contribution in [1.82, 2.24) is 4.98 Å². The van der Waals surface area contributed by atoms with Gasteiger partial charge in [-0.15, -0.1) is 0 Å². The lowest BCUT2D eigenvalue weighted by molar-refractivity contribution is 0.0695. The third-order valence-corrected chi connectivity index (χ3v) is 2.63. The van der Waals surface area contributed by atoms with Crippen molar-refractivity contribution in [1.29, 1.82) is 5.26 Å². The number of hydrogen-bond donors (Lipinski definition) is 2. The predicted molar refractivity (Wildman–Crippen MR) is 70.4 cm³/mol. The van der Waals surface area contributed by atoms with Gasteiger partial charge in [-0.2, -0.15) is 5.26 Å². The Morgan fingerprint density at radius 2 is 2.05 bits per heavy atom. The number of para-hydroxylation sites is 1. The van der Waals surface area contributed by atoms with Gasteiger partial charge in [-0.1, -0.05) is 12.1 Å². The first kappa shape index (κ1) is 12.6. The van der Waals surface area contributed by atoms with Crippen LogP contribution in [0.2, 0.25) is 0 Å². The Morgan fingerprint density at radius 3 is 2.68 bits per heavy atom. The number of hydrogen-bond acceptors (Lipinski definition) is 4. The van der Waals surface area contributed by atoms with Gasteiger partial charge in [-0.3, -0.25) is 0 Å². The van der Waals surface area contributed by atoms with E-state index in [4.69, 9.17) is 10.4 Å². The summed E-state index contributed by atoms with van der Waals surface area (Å²) in [6, 6.07) is 12.2. The number of nitriles is 1. The molecule has 2 aromatic rings. The third kappa shape index (κ3) is 2.69. The molecule has 0 bridgehead atoms. The first-order chi connectivity index (χ1) is 9.11. The summed E-state index contributed by atoms with van der Waals surface area (Å²) in [6.07, 6.45) is 0. The SMILES string of the molecule is Cc1nc(Nc2ccccc2C#N)ccc1C(=O)O. The van der Waals surface area contributed by atoms with Crippen LogP contribution in [0.4, 0.5) is 11.5 Å². The van der Waals surface area contributed by atoms with Gasteiger partial charge in [0.1, 0.15) is 11.9 Å². The number of aryl methyl sites for hydroxylation is 1. The molecule has 0 amide bonds. The maximum absolute atomic E-state index is 10.9. The average Bonchev–Trinajstić information content (AvgIpc) is 2.39. The highest BCUT2D eigenvalue weighted by molar-refractivity contribution is 5.89. The average molecular weight is 253 g/mol. The van der Waals surface area contributed by atoms with Gasteiger partial charge in [0, 0.05) is 0 Å². The minimum absolute atomic E-state index is 0.166. The summed E-state index contributed by atoms with van der Waals surface area (Å²) in [7, 11) is 0. The molecule has 5 nitrogen and oxygen atoms in total. The lowest BCUT2D eigenvalue weighted by Crippen LogP contribution is -2.04. The Morgan fingerprint density at radius 1 is 1.32 bits per heavy atom. The van der Waals surface area contributed by atoms with Gasteiger partial charge in [-0.05, 0) is 31.2 Å². The van der Waals surface area contributed by atoms with E-state index in [1.54, 1.807) is 31.2 Å². The highest BCUT2D eigenvalue weighted by Gasteiger charge is 2.09. The van der Waals surface area contributed by atoms with E-state index in [9.17, 15) is 4.79 Å². The molecule has 0 unspecified atom stereocenters. The fourth-order valence-corrected chi connectivity index (χ4v) is 1.68. The van der Waals surface area contributed by atoms with Gasteiger partial charge < -0.3 is 10.4 Å². The fourth-order valence-electron chi connectivity index (χ4n) is 1.68. The molecule has 2 rings (SSSR count). The zero-order valence-corrected chi connectivity index (χ0v) is 10.2. The molecule has 94 valence electrons. The Balaban J connectivity index is 2.32. The third-order valence-electron chi connectivity index (χ3n) is 2.63. The van der Waals surface area contributed by atoms with E-state index >= 15 is 0 Å². The van der Waals surface area contributed by atoms with Crippen molar-refractivity contribution in [3.63, 3.8) is 0 Å². The van der Waals surface area contributed by atoms with E-state index in [1.807, 2.05) is 6.07 Å². The summed E-state index contributed by atoms with van der Waals surface area (Å²) in [6.45, 7) is 1.63. The molecule has 0 spiro atoms. The quantitative estimate of drug-likeness (QED) is 0.878. The number of carboxylic acids is 1. The van der Waals surface area contributed by atoms with Crippen molar-refractivity contribution in [2.24, 2.45) is 0 Å². The molecule has 0 radical (unpaired) electrons. The molecule has 0 saturated carbocycles. The second-order valence-electron chi connectivity index (χ2n) is 3.92. The highest BCUT2D eigenvalue weighted by Crippen LogP contribution is 2.19. The normalized spacial score (nSPS) is 9.68. The first-order valence-corrected chi connectivity index (χ1v) is 5.59. The predicted octanol–water partition coefficient (Wildman–Crippen LogP) is 2.70. The van der Waals surface area contributed by atoms with Crippen molar-refractivity contribution in [3.8, 4) is 6.07 Å². The highest BCUT2D eigenvalue weighted by atomic mass is 16.4. The molecule has 1 heterocycles. The lowest BCUT2D eigenvalue weighted by Gasteiger charge is -2.08. The fraction of sp³-hybridized carbons (Fsp3) is 0.0714. The van der Waals surface area contributed by atoms with Gasteiger partial charge >= 0.3 is 5.97 Å². The van der Waals surface area contributed by atoms with E-state index in [-0.39, 0.29) is 5.56 Å². The number of nitrogens with zero attached hydrogens (tertiary/aromatic N) is 2. The van der Waals surface area contributed by atoms with Crippen molar-refractivity contribution in [3.05, 3.63) is 53.2 Å². The van der Waals surface area contributed by atoms with E-state index in [0.29, 0.717) is 22.8 Å². The van der Waals surface area contributed by atoms with Gasteiger partial charge in [0.15, 0.2) is 0 Å². The molecule has 1 aromatic carbocycles. The van der Waals surface area contributed by atoms with Gasteiger partial charge in [-0.25, -0.2) is 9.78 Å². The zero-order valence-electron chi connectivity index (χ0n) is 10.2. The summed E-state index contributed by atoms with van der Waals surface area (Å²) < 4.78 is 0. The number of carbonyl (C=O) groups is 1. The second kappa shape index (κ2) is 5.19. The topological polar surface area (TPSA) is 86.0 Å². The lowest BCUT2D eigenvalue weighted by atomic mass is 10.2. The maximum atomic E-state index is 10.9. The molecule has 0 aliphatic carbocycles. The molecule has 0 fully saturated rings. The van der Waals surface area contributed by atoms with Crippen molar-refractivity contribution in [2.45, 2.75) is 6.92 Å². The van der Waals surface area contributed by atoms with Crippen LogP contribution in [0.15, 0.2) is 36.4 Å². The summed E-state index contributed by atoms with van der Waals surface area (Å²) in [4.78, 5) is 15.1. The molecule has 0 atom stereocenters. The Labute approximate surface area is 110 Å². The van der Waals surface area contributed by atoms with Crippen molar-refractivity contribution in [2.75, 3.05) is 5.32 Å². The number of aromatic nitrogens is 1. The molecule has 0 aliphatic rings. The molecule has 5 heteroatoms. The number of rotatable bonds is 3. The molecule has 0 aliphatic heterocycles. The molecule has 1 aromatic heterocycles. The van der Waals surface area contributed by atoms with Gasteiger partial charge in [0.05, 0.1) is 22.5 Å². The van der Waals surface area contributed by atoms with Gasteiger partial charge in [0.2, 0.25) is 0 Å². The minimum Gasteiger partial charge on any atom is -0.478 e. The Kier molecular flexibility index (Phi) is 3.44. The van der Waals surface area contributed by atoms with Crippen molar-refractivity contribution >= 4 is 17.5 Å². The largest absolute Gasteiger partial charge is 0.478 e. The molecular weight excluding hydrogens is 242 g/mol. The summed E-state index contributed by atoms with van der Waals surface area (Å²) in [5.41, 5.74) is 1.73. The van der Waals surface area contributed by atoms with E-state index in [2.05, 4.69) is 16.4 Å². The van der Waals surface area contributed by atoms with Crippen molar-refractivity contribution < 1.29 is 9.90 Å². The van der Waals surface area contributed by atoms with E-state index in [0.717, 1.165) is 0 Å². The number of benzene rings is 1. The van der Waals surface area contributed by atoms with Gasteiger partial charge in [0.25, 0.3) is 0 Å². The number of carboxylic acid groups (broad SMARTS) is 1. The minimum atomic E-state index is -1.01. The van der Waals surface area contributed by atoms with Crippen LogP contribution >= 0.6 is 0 Å². The van der Waals surface area contributed by atoms with Crippen LogP contribution in [0.1, 0.15) is 21.6 Å². The monoisotopic (exact) mass is 253 g/mol. The smallest absolute Gasteiger partial charge is 0.337 e. The molecule has 2 N–H and O–H groups in total. The number of aromatic carboxylic acids is 1.